The van der Waals surface area contributed by atoms with Gasteiger partial charge in [0.15, 0.2) is 15.6 Å². The van der Waals surface area contributed by atoms with Gasteiger partial charge in [-0.15, -0.1) is 0 Å². The first kappa shape index (κ1) is 15.7. The van der Waals surface area contributed by atoms with Crippen LogP contribution in [-0.4, -0.2) is 31.3 Å². The van der Waals surface area contributed by atoms with Gasteiger partial charge in [-0.2, -0.15) is 0 Å². The van der Waals surface area contributed by atoms with E-state index in [9.17, 15) is 13.2 Å². The van der Waals surface area contributed by atoms with Crippen LogP contribution in [0.3, 0.4) is 0 Å². The number of carbonyl (C=O) groups excluding carboxylic acids is 1. The van der Waals surface area contributed by atoms with Crippen molar-refractivity contribution in [2.75, 3.05) is 6.54 Å². The highest BCUT2D eigenvalue weighted by atomic mass is 32.2. The Hall–Kier alpha value is -1.37. The van der Waals surface area contributed by atoms with Crippen LogP contribution in [0, 0.1) is 12.8 Å². The molecule has 0 aliphatic carbocycles. The van der Waals surface area contributed by atoms with Crippen molar-refractivity contribution in [3.63, 3.8) is 0 Å². The van der Waals surface area contributed by atoms with E-state index in [4.69, 9.17) is 4.52 Å². The molecule has 1 amide bonds. The second-order valence-electron chi connectivity index (χ2n) is 5.02. The topological polar surface area (TPSA) is 89.3 Å². The van der Waals surface area contributed by atoms with E-state index in [0.717, 1.165) is 0 Å². The van der Waals surface area contributed by atoms with Crippen molar-refractivity contribution < 1.29 is 17.7 Å². The highest BCUT2D eigenvalue weighted by Crippen LogP contribution is 2.12. The van der Waals surface area contributed by atoms with Crippen molar-refractivity contribution in [3.8, 4) is 0 Å². The van der Waals surface area contributed by atoms with Gasteiger partial charge < -0.3 is 9.84 Å². The standard InChI is InChI=1S/C12H20N2O4S/c1-8(2)6-13-12(15)10(4)19(16,17)7-11-5-9(3)14-18-11/h5,8,10H,6-7H2,1-4H3,(H,13,15)/t10-/m1/s1. The molecule has 1 heterocycles. The van der Waals surface area contributed by atoms with E-state index < -0.39 is 21.0 Å². The van der Waals surface area contributed by atoms with Crippen LogP contribution >= 0.6 is 0 Å². The summed E-state index contributed by atoms with van der Waals surface area (Å²) in [4.78, 5) is 11.8. The molecule has 108 valence electrons. The first-order valence-corrected chi connectivity index (χ1v) is 7.85. The monoisotopic (exact) mass is 288 g/mol. The van der Waals surface area contributed by atoms with Gasteiger partial charge in [-0.1, -0.05) is 19.0 Å². The zero-order valence-corrected chi connectivity index (χ0v) is 12.5. The smallest absolute Gasteiger partial charge is 0.238 e. The van der Waals surface area contributed by atoms with Crippen LogP contribution in [-0.2, 0) is 20.4 Å². The molecule has 1 aromatic heterocycles. The normalized spacial score (nSPS) is 13.5. The van der Waals surface area contributed by atoms with E-state index in [1.807, 2.05) is 13.8 Å². The average Bonchev–Trinajstić information content (AvgIpc) is 2.69. The molecule has 0 unspecified atom stereocenters. The molecule has 1 N–H and O–H groups in total. The summed E-state index contributed by atoms with van der Waals surface area (Å²) in [6, 6.07) is 1.55. The van der Waals surface area contributed by atoms with E-state index in [0.29, 0.717) is 12.2 Å². The zero-order chi connectivity index (χ0) is 14.6. The first-order chi connectivity index (χ1) is 8.72. The SMILES string of the molecule is Cc1cc(CS(=O)(=O)[C@H](C)C(=O)NCC(C)C)on1. The molecule has 1 rings (SSSR count). The summed E-state index contributed by atoms with van der Waals surface area (Å²) in [7, 11) is -3.59. The maximum absolute atomic E-state index is 12.0. The summed E-state index contributed by atoms with van der Waals surface area (Å²) in [5.41, 5.74) is 0.613. The molecule has 0 aliphatic heterocycles. The summed E-state index contributed by atoms with van der Waals surface area (Å²) < 4.78 is 29.0. The molecule has 0 fully saturated rings. The number of aryl methyl sites for hydroxylation is 1. The van der Waals surface area contributed by atoms with Gasteiger partial charge in [0.1, 0.15) is 11.0 Å². The third-order valence-corrected chi connectivity index (χ3v) is 4.59. The maximum Gasteiger partial charge on any atom is 0.238 e. The van der Waals surface area contributed by atoms with Crippen LogP contribution in [0.5, 0.6) is 0 Å². The van der Waals surface area contributed by atoms with Crippen molar-refractivity contribution in [3.05, 3.63) is 17.5 Å². The lowest BCUT2D eigenvalue weighted by molar-refractivity contribution is -0.120. The van der Waals surface area contributed by atoms with Crippen LogP contribution in [0.15, 0.2) is 10.6 Å². The number of hydrogen-bond donors (Lipinski definition) is 1. The predicted octanol–water partition coefficient (Wildman–Crippen LogP) is 1.06. The van der Waals surface area contributed by atoms with E-state index in [-0.39, 0.29) is 17.4 Å². The third kappa shape index (κ3) is 4.66. The number of hydrogen-bond acceptors (Lipinski definition) is 5. The van der Waals surface area contributed by atoms with Crippen molar-refractivity contribution in [2.24, 2.45) is 5.92 Å². The quantitative estimate of drug-likeness (QED) is 0.845. The Morgan fingerprint density at radius 1 is 1.42 bits per heavy atom. The van der Waals surface area contributed by atoms with E-state index in [1.165, 1.54) is 6.92 Å². The van der Waals surface area contributed by atoms with Gasteiger partial charge in [0.25, 0.3) is 0 Å². The molecule has 0 saturated carbocycles. The molecule has 1 aromatic rings. The Labute approximate surface area is 113 Å². The number of nitrogens with zero attached hydrogens (tertiary/aromatic N) is 1. The number of sulfone groups is 1. The van der Waals surface area contributed by atoms with Gasteiger partial charge in [0.2, 0.25) is 5.91 Å². The lowest BCUT2D eigenvalue weighted by Gasteiger charge is -2.13. The van der Waals surface area contributed by atoms with Crippen molar-refractivity contribution >= 4 is 15.7 Å². The second-order valence-corrected chi connectivity index (χ2v) is 7.34. The fourth-order valence-electron chi connectivity index (χ4n) is 1.42. The molecular formula is C12H20N2O4S. The van der Waals surface area contributed by atoms with E-state index >= 15 is 0 Å². The molecule has 1 atom stereocenters. The largest absolute Gasteiger partial charge is 0.360 e. The molecule has 0 aromatic carbocycles. The lowest BCUT2D eigenvalue weighted by atomic mass is 10.2. The Morgan fingerprint density at radius 2 is 2.05 bits per heavy atom. The minimum atomic E-state index is -3.59. The van der Waals surface area contributed by atoms with Gasteiger partial charge >= 0.3 is 0 Å². The number of amides is 1. The van der Waals surface area contributed by atoms with Crippen molar-refractivity contribution in [2.45, 2.75) is 38.7 Å². The van der Waals surface area contributed by atoms with Gasteiger partial charge in [-0.05, 0) is 19.8 Å². The first-order valence-electron chi connectivity index (χ1n) is 6.14. The second kappa shape index (κ2) is 6.18. The maximum atomic E-state index is 12.0. The highest BCUT2D eigenvalue weighted by Gasteiger charge is 2.29. The molecule has 6 nitrogen and oxygen atoms in total. The number of rotatable bonds is 6. The van der Waals surface area contributed by atoms with Gasteiger partial charge in [0, 0.05) is 12.6 Å². The molecule has 19 heavy (non-hydrogen) atoms. The summed E-state index contributed by atoms with van der Waals surface area (Å²) in [5.74, 6) is -0.272. The molecule has 0 aliphatic rings. The average molecular weight is 288 g/mol. The van der Waals surface area contributed by atoms with Gasteiger partial charge in [0.05, 0.1) is 5.69 Å². The molecule has 0 radical (unpaired) electrons. The Bertz CT molecular complexity index is 534. The fraction of sp³-hybridized carbons (Fsp3) is 0.667. The van der Waals surface area contributed by atoms with E-state index in [1.54, 1.807) is 13.0 Å². The zero-order valence-electron chi connectivity index (χ0n) is 11.6. The Kier molecular flexibility index (Phi) is 5.11. The van der Waals surface area contributed by atoms with Crippen molar-refractivity contribution in [1.29, 1.82) is 0 Å². The van der Waals surface area contributed by atoms with Crippen LogP contribution in [0.2, 0.25) is 0 Å². The molecule has 0 saturated heterocycles. The Morgan fingerprint density at radius 3 is 2.53 bits per heavy atom. The molecule has 0 spiro atoms. The van der Waals surface area contributed by atoms with Crippen LogP contribution in [0.4, 0.5) is 0 Å². The number of nitrogens with one attached hydrogen (secondary N) is 1. The summed E-state index contributed by atoms with van der Waals surface area (Å²) >= 11 is 0. The lowest BCUT2D eigenvalue weighted by Crippen LogP contribution is -2.39. The minimum absolute atomic E-state index is 0.251. The predicted molar refractivity (Wildman–Crippen MR) is 71.2 cm³/mol. The fourth-order valence-corrected chi connectivity index (χ4v) is 2.61. The summed E-state index contributed by atoms with van der Waals surface area (Å²) in [6.45, 7) is 7.43. The van der Waals surface area contributed by atoms with E-state index in [2.05, 4.69) is 10.5 Å². The summed E-state index contributed by atoms with van der Waals surface area (Å²) in [5, 5.41) is 5.14. The van der Waals surface area contributed by atoms with Crippen molar-refractivity contribution in [1.82, 2.24) is 10.5 Å². The number of carbonyl (C=O) groups is 1. The van der Waals surface area contributed by atoms with Crippen LogP contribution in [0.1, 0.15) is 32.2 Å². The highest BCUT2D eigenvalue weighted by molar-refractivity contribution is 7.92. The minimum Gasteiger partial charge on any atom is -0.360 e. The molecular weight excluding hydrogens is 268 g/mol. The van der Waals surface area contributed by atoms with Gasteiger partial charge in [-0.3, -0.25) is 4.79 Å². The van der Waals surface area contributed by atoms with Crippen LogP contribution < -0.4 is 5.32 Å². The Balaban J connectivity index is 2.68. The van der Waals surface area contributed by atoms with Crippen LogP contribution in [0.25, 0.3) is 0 Å². The van der Waals surface area contributed by atoms with Gasteiger partial charge in [-0.25, -0.2) is 8.42 Å². The third-order valence-electron chi connectivity index (χ3n) is 2.61. The number of aromatic nitrogens is 1. The summed E-state index contributed by atoms with van der Waals surface area (Å²) in [6.07, 6.45) is 0. The molecule has 7 heteroatoms. The molecule has 0 bridgehead atoms.